The Kier molecular flexibility index (Phi) is 4.76. The van der Waals surface area contributed by atoms with E-state index < -0.39 is 0 Å². The van der Waals surface area contributed by atoms with Gasteiger partial charge in [0.05, 0.1) is 11.0 Å². The average molecular weight is 449 g/mol. The van der Waals surface area contributed by atoms with Gasteiger partial charge in [-0.1, -0.05) is 60.7 Å². The quantitative estimate of drug-likeness (QED) is 0.343. The van der Waals surface area contributed by atoms with Gasteiger partial charge in [0.15, 0.2) is 0 Å². The number of H-pyrrole nitrogens is 2. The molecule has 0 spiro atoms. The zero-order valence-electron chi connectivity index (χ0n) is 18.0. The molecule has 0 aliphatic carbocycles. The second-order valence-corrected chi connectivity index (χ2v) is 8.20. The van der Waals surface area contributed by atoms with E-state index in [0.717, 1.165) is 22.5 Å². The van der Waals surface area contributed by atoms with Crippen LogP contribution in [0.4, 0.5) is 10.2 Å². The summed E-state index contributed by atoms with van der Waals surface area (Å²) in [4.78, 5) is 12.4. The topological polar surface area (TPSA) is 109 Å². The van der Waals surface area contributed by atoms with Gasteiger partial charge in [0.25, 0.3) is 0 Å². The van der Waals surface area contributed by atoms with Gasteiger partial charge < -0.3 is 10.7 Å². The standard InChI is InChI=1S/C26H20FN7/c27-20-14-22-21(11-18(20)16-9-5-2-6-10-16)29-24(30-22)13-17(15-7-3-1-4-8-15)19-12-23(28)31-26-25(19)32-34-33-26/h1-12,14,17H,13H2,(H,29,30)(H3,28,31,32,33,34). The summed E-state index contributed by atoms with van der Waals surface area (Å²) in [6.45, 7) is 0. The minimum absolute atomic E-state index is 0.113. The molecule has 0 amide bonds. The molecule has 3 heterocycles. The Morgan fingerprint density at radius 2 is 1.65 bits per heavy atom. The van der Waals surface area contributed by atoms with Gasteiger partial charge in [-0.3, -0.25) is 0 Å². The first-order chi connectivity index (χ1) is 16.7. The van der Waals surface area contributed by atoms with Gasteiger partial charge in [-0.2, -0.15) is 10.3 Å². The summed E-state index contributed by atoms with van der Waals surface area (Å²) < 4.78 is 14.9. The Hall–Kier alpha value is -4.59. The summed E-state index contributed by atoms with van der Waals surface area (Å²) in [6, 6.07) is 24.7. The number of rotatable bonds is 5. The van der Waals surface area contributed by atoms with E-state index in [1.165, 1.54) is 6.07 Å². The Bertz CT molecular complexity index is 1610. The van der Waals surface area contributed by atoms with Crippen molar-refractivity contribution in [1.29, 1.82) is 0 Å². The third-order valence-corrected chi connectivity index (χ3v) is 6.02. The number of hydrogen-bond acceptors (Lipinski definition) is 5. The molecule has 1 atom stereocenters. The summed E-state index contributed by atoms with van der Waals surface area (Å²) >= 11 is 0. The first-order valence-electron chi connectivity index (χ1n) is 10.9. The highest BCUT2D eigenvalue weighted by atomic mass is 19.1. The third kappa shape index (κ3) is 3.55. The molecule has 0 aliphatic heterocycles. The highest BCUT2D eigenvalue weighted by Gasteiger charge is 2.22. The third-order valence-electron chi connectivity index (χ3n) is 6.02. The Balaban J connectivity index is 1.45. The molecule has 4 N–H and O–H groups in total. The van der Waals surface area contributed by atoms with Crippen molar-refractivity contribution in [3.63, 3.8) is 0 Å². The molecule has 7 nitrogen and oxygen atoms in total. The second-order valence-electron chi connectivity index (χ2n) is 8.20. The molecular weight excluding hydrogens is 429 g/mol. The fourth-order valence-electron chi connectivity index (χ4n) is 4.45. The number of nitrogen functional groups attached to an aromatic ring is 1. The van der Waals surface area contributed by atoms with Crippen LogP contribution in [0.2, 0.25) is 0 Å². The number of pyridine rings is 1. The number of aromatic nitrogens is 6. The van der Waals surface area contributed by atoms with Crippen molar-refractivity contribution in [3.8, 4) is 11.1 Å². The molecular formula is C26H20FN7. The highest BCUT2D eigenvalue weighted by Crippen LogP contribution is 2.33. The predicted molar refractivity (Wildman–Crippen MR) is 130 cm³/mol. The van der Waals surface area contributed by atoms with Gasteiger partial charge in [0, 0.05) is 24.0 Å². The van der Waals surface area contributed by atoms with Crippen LogP contribution in [-0.2, 0) is 6.42 Å². The van der Waals surface area contributed by atoms with E-state index in [2.05, 4.69) is 37.5 Å². The number of anilines is 1. The normalized spacial score (nSPS) is 12.4. The van der Waals surface area contributed by atoms with Crippen molar-refractivity contribution in [3.05, 3.63) is 102 Å². The molecule has 3 aromatic carbocycles. The van der Waals surface area contributed by atoms with Gasteiger partial charge in [-0.15, -0.1) is 5.10 Å². The van der Waals surface area contributed by atoms with Crippen molar-refractivity contribution in [2.24, 2.45) is 0 Å². The van der Waals surface area contributed by atoms with E-state index in [1.807, 2.05) is 54.6 Å². The summed E-state index contributed by atoms with van der Waals surface area (Å²) in [5.74, 6) is 0.704. The number of halogens is 1. The SMILES string of the molecule is Nc1cc(C(Cc2nc3cc(-c4ccccc4)c(F)cc3[nH]2)c2ccccc2)c2n[nH]nc2n1. The first-order valence-corrected chi connectivity index (χ1v) is 10.9. The Morgan fingerprint density at radius 3 is 2.44 bits per heavy atom. The lowest BCUT2D eigenvalue weighted by Crippen LogP contribution is -2.08. The molecule has 0 fully saturated rings. The van der Waals surface area contributed by atoms with Crippen molar-refractivity contribution in [2.45, 2.75) is 12.3 Å². The molecule has 0 saturated carbocycles. The van der Waals surface area contributed by atoms with Crippen molar-refractivity contribution in [2.75, 3.05) is 5.73 Å². The first kappa shape index (κ1) is 20.0. The lowest BCUT2D eigenvalue weighted by molar-refractivity contribution is 0.633. The summed E-state index contributed by atoms with van der Waals surface area (Å²) in [5.41, 5.74) is 11.9. The van der Waals surface area contributed by atoms with Crippen molar-refractivity contribution >= 4 is 28.0 Å². The van der Waals surface area contributed by atoms with Crippen LogP contribution in [0.1, 0.15) is 22.9 Å². The van der Waals surface area contributed by atoms with Gasteiger partial charge in [0.1, 0.15) is 23.0 Å². The maximum Gasteiger partial charge on any atom is 0.203 e. The van der Waals surface area contributed by atoms with Gasteiger partial charge in [-0.05, 0) is 28.8 Å². The number of fused-ring (bicyclic) bond motifs is 2. The lowest BCUT2D eigenvalue weighted by Gasteiger charge is -2.17. The van der Waals surface area contributed by atoms with E-state index in [1.54, 1.807) is 6.07 Å². The largest absolute Gasteiger partial charge is 0.384 e. The van der Waals surface area contributed by atoms with Gasteiger partial charge in [-0.25, -0.2) is 14.4 Å². The molecule has 1 unspecified atom stereocenters. The smallest absolute Gasteiger partial charge is 0.203 e. The molecule has 166 valence electrons. The molecule has 6 rings (SSSR count). The number of nitrogens with one attached hydrogen (secondary N) is 2. The van der Waals surface area contributed by atoms with Crippen molar-refractivity contribution < 1.29 is 4.39 Å². The van der Waals surface area contributed by atoms with Gasteiger partial charge >= 0.3 is 0 Å². The second kappa shape index (κ2) is 8.08. The van der Waals surface area contributed by atoms with Crippen LogP contribution in [0.5, 0.6) is 0 Å². The molecule has 0 saturated heterocycles. The van der Waals surface area contributed by atoms with Crippen LogP contribution in [0.25, 0.3) is 33.3 Å². The Morgan fingerprint density at radius 1 is 0.882 bits per heavy atom. The van der Waals surface area contributed by atoms with E-state index in [-0.39, 0.29) is 11.7 Å². The number of nitrogens with two attached hydrogens (primary N) is 1. The average Bonchev–Trinajstić information content (AvgIpc) is 3.49. The summed E-state index contributed by atoms with van der Waals surface area (Å²) in [5, 5.41) is 11.1. The van der Waals surface area contributed by atoms with Crippen LogP contribution in [0.15, 0.2) is 78.9 Å². The molecule has 0 radical (unpaired) electrons. The summed E-state index contributed by atoms with van der Waals surface area (Å²) in [6.07, 6.45) is 0.534. The van der Waals surface area contributed by atoms with Crippen LogP contribution in [0, 0.1) is 5.82 Å². The zero-order valence-corrected chi connectivity index (χ0v) is 18.0. The van der Waals surface area contributed by atoms with E-state index >= 15 is 0 Å². The van der Waals surface area contributed by atoms with E-state index in [9.17, 15) is 4.39 Å². The minimum atomic E-state index is -0.292. The summed E-state index contributed by atoms with van der Waals surface area (Å²) in [7, 11) is 0. The molecule has 0 aliphatic rings. The van der Waals surface area contributed by atoms with Crippen LogP contribution < -0.4 is 5.73 Å². The van der Waals surface area contributed by atoms with E-state index in [0.29, 0.717) is 40.0 Å². The zero-order chi connectivity index (χ0) is 23.1. The molecule has 8 heteroatoms. The van der Waals surface area contributed by atoms with Crippen LogP contribution in [-0.4, -0.2) is 30.4 Å². The molecule has 3 aromatic heterocycles. The lowest BCUT2D eigenvalue weighted by atomic mass is 9.88. The Labute approximate surface area is 193 Å². The fourth-order valence-corrected chi connectivity index (χ4v) is 4.45. The van der Waals surface area contributed by atoms with Crippen molar-refractivity contribution in [1.82, 2.24) is 30.4 Å². The minimum Gasteiger partial charge on any atom is -0.384 e. The molecule has 34 heavy (non-hydrogen) atoms. The number of imidazole rings is 1. The molecule has 6 aromatic rings. The number of aromatic amines is 2. The monoisotopic (exact) mass is 449 g/mol. The number of nitrogens with zero attached hydrogens (tertiary/aromatic N) is 4. The van der Waals surface area contributed by atoms with Gasteiger partial charge in [0.2, 0.25) is 5.65 Å². The fraction of sp³-hybridized carbons (Fsp3) is 0.0769. The maximum atomic E-state index is 14.9. The van der Waals surface area contributed by atoms with Crippen LogP contribution in [0.3, 0.4) is 0 Å². The predicted octanol–water partition coefficient (Wildman–Crippen LogP) is 4.99. The molecule has 0 bridgehead atoms. The number of hydrogen-bond donors (Lipinski definition) is 3. The highest BCUT2D eigenvalue weighted by molar-refractivity contribution is 5.82. The number of benzene rings is 3. The maximum absolute atomic E-state index is 14.9. The van der Waals surface area contributed by atoms with Crippen LogP contribution >= 0.6 is 0 Å². The van der Waals surface area contributed by atoms with E-state index in [4.69, 9.17) is 10.7 Å².